The second-order valence-electron chi connectivity index (χ2n) is 9.11. The minimum Gasteiger partial charge on any atom is -0.304 e. The van der Waals surface area contributed by atoms with Crippen molar-refractivity contribution in [2.75, 3.05) is 19.6 Å². The summed E-state index contributed by atoms with van der Waals surface area (Å²) in [4.78, 5) is 13.2. The summed E-state index contributed by atoms with van der Waals surface area (Å²) in [5, 5.41) is 13.5. The molecule has 168 valence electrons. The zero-order valence-electron chi connectivity index (χ0n) is 19.5. The number of rotatable bonds is 5. The summed E-state index contributed by atoms with van der Waals surface area (Å²) in [5.74, 6) is 0.926. The van der Waals surface area contributed by atoms with Crippen molar-refractivity contribution < 1.29 is 0 Å². The van der Waals surface area contributed by atoms with Crippen LogP contribution < -0.4 is 0 Å². The van der Waals surface area contributed by atoms with Crippen LogP contribution in [0.15, 0.2) is 18.7 Å². The van der Waals surface area contributed by atoms with E-state index < -0.39 is 0 Å². The van der Waals surface area contributed by atoms with Crippen molar-refractivity contribution in [2.45, 2.75) is 59.3 Å². The van der Waals surface area contributed by atoms with E-state index in [1.54, 1.807) is 6.33 Å². The lowest BCUT2D eigenvalue weighted by molar-refractivity contribution is 0.223. The van der Waals surface area contributed by atoms with Crippen LogP contribution in [0.25, 0.3) is 27.6 Å². The molecule has 5 heterocycles. The fourth-order valence-corrected chi connectivity index (χ4v) is 5.94. The number of H-pyrrole nitrogens is 1. The maximum atomic E-state index is 4.83. The lowest BCUT2D eigenvalue weighted by Gasteiger charge is -2.30. The van der Waals surface area contributed by atoms with Gasteiger partial charge in [-0.1, -0.05) is 20.8 Å². The van der Waals surface area contributed by atoms with Gasteiger partial charge in [0.2, 0.25) is 0 Å². The Balaban J connectivity index is 1.53. The summed E-state index contributed by atoms with van der Waals surface area (Å²) in [6.07, 6.45) is 8.18. The van der Waals surface area contributed by atoms with Gasteiger partial charge in [-0.2, -0.15) is 10.2 Å². The van der Waals surface area contributed by atoms with Gasteiger partial charge in [-0.25, -0.2) is 14.5 Å². The van der Waals surface area contributed by atoms with Gasteiger partial charge in [-0.3, -0.25) is 5.10 Å². The van der Waals surface area contributed by atoms with E-state index in [1.165, 1.54) is 41.9 Å². The number of aryl methyl sites for hydroxylation is 1. The van der Waals surface area contributed by atoms with Crippen molar-refractivity contribution in [3.8, 4) is 22.0 Å². The highest BCUT2D eigenvalue weighted by Gasteiger charge is 2.26. The summed E-state index contributed by atoms with van der Waals surface area (Å²) < 4.78 is 1.85. The van der Waals surface area contributed by atoms with Gasteiger partial charge in [0.1, 0.15) is 17.0 Å². The Morgan fingerprint density at radius 1 is 1.16 bits per heavy atom. The first-order chi connectivity index (χ1) is 15.5. The summed E-state index contributed by atoms with van der Waals surface area (Å²) in [6.45, 7) is 14.5. The van der Waals surface area contributed by atoms with Crippen LogP contribution in [-0.4, -0.2) is 54.3 Å². The van der Waals surface area contributed by atoms with Gasteiger partial charge in [0.25, 0.3) is 0 Å². The van der Waals surface area contributed by atoms with Gasteiger partial charge >= 0.3 is 0 Å². The molecular weight excluding hydrogens is 418 g/mol. The molecule has 0 radical (unpaired) electrons. The number of pyridine rings is 1. The van der Waals surface area contributed by atoms with E-state index in [2.05, 4.69) is 67.1 Å². The first kappa shape index (κ1) is 21.3. The van der Waals surface area contributed by atoms with Gasteiger partial charge in [-0.05, 0) is 69.3 Å². The predicted molar refractivity (Wildman–Crippen MR) is 129 cm³/mol. The molecule has 0 unspecified atom stereocenters. The first-order valence-corrected chi connectivity index (χ1v) is 12.4. The number of aromatic amines is 1. The van der Waals surface area contributed by atoms with E-state index in [0.29, 0.717) is 11.8 Å². The lowest BCUT2D eigenvalue weighted by atomic mass is 9.94. The topological polar surface area (TPSA) is 75.0 Å². The van der Waals surface area contributed by atoms with Gasteiger partial charge in [0.15, 0.2) is 5.65 Å². The maximum absolute atomic E-state index is 4.83. The summed E-state index contributed by atoms with van der Waals surface area (Å²) in [7, 11) is 0. The van der Waals surface area contributed by atoms with E-state index in [4.69, 9.17) is 10.1 Å². The number of aromatic nitrogens is 6. The molecule has 32 heavy (non-hydrogen) atoms. The molecule has 4 aromatic heterocycles. The quantitative estimate of drug-likeness (QED) is 0.454. The van der Waals surface area contributed by atoms with Crippen LogP contribution in [0.4, 0.5) is 0 Å². The fraction of sp³-hybridized carbons (Fsp3) is 0.500. The van der Waals surface area contributed by atoms with E-state index >= 15 is 0 Å². The SMILES string of the molecule is CCN1CCC(c2cnc(-c3n[nH]c(-c4cn5ncnc5c(C)c4C)c3C(C)C)s2)CC1. The number of fused-ring (bicyclic) bond motifs is 1. The molecule has 0 amide bonds. The zero-order valence-corrected chi connectivity index (χ0v) is 20.3. The van der Waals surface area contributed by atoms with Crippen molar-refractivity contribution in [3.63, 3.8) is 0 Å². The monoisotopic (exact) mass is 449 g/mol. The van der Waals surface area contributed by atoms with Crippen LogP contribution in [0.3, 0.4) is 0 Å². The summed E-state index contributed by atoms with van der Waals surface area (Å²) in [6, 6.07) is 0. The van der Waals surface area contributed by atoms with Gasteiger partial charge in [0.05, 0.1) is 5.69 Å². The number of hydrogen-bond donors (Lipinski definition) is 1. The van der Waals surface area contributed by atoms with Crippen molar-refractivity contribution >= 4 is 17.0 Å². The summed E-state index contributed by atoms with van der Waals surface area (Å²) >= 11 is 1.81. The standard InChI is InChI=1S/C24H31N7S/c1-6-30-9-7-17(8-10-30)19-11-25-24(32-19)22-20(14(2)3)21(28-29-22)18-12-31-23(26-13-27-31)16(5)15(18)4/h11-14,17H,6-10H2,1-5H3,(H,28,29). The second kappa shape index (κ2) is 8.41. The Bertz CT molecular complexity index is 1240. The van der Waals surface area contributed by atoms with Gasteiger partial charge in [0, 0.05) is 28.4 Å². The summed E-state index contributed by atoms with van der Waals surface area (Å²) in [5.41, 5.74) is 7.61. The molecule has 1 N–H and O–H groups in total. The average molecular weight is 450 g/mol. The van der Waals surface area contributed by atoms with E-state index in [1.807, 2.05) is 15.9 Å². The van der Waals surface area contributed by atoms with E-state index in [9.17, 15) is 0 Å². The molecule has 1 fully saturated rings. The third kappa shape index (κ3) is 3.55. The number of thiazole rings is 1. The highest BCUT2D eigenvalue weighted by atomic mass is 32.1. The molecule has 0 aliphatic carbocycles. The van der Waals surface area contributed by atoms with E-state index in [-0.39, 0.29) is 0 Å². The molecule has 0 aromatic carbocycles. The van der Waals surface area contributed by atoms with Crippen LogP contribution >= 0.6 is 11.3 Å². The molecule has 1 saturated heterocycles. The molecule has 0 bridgehead atoms. The Morgan fingerprint density at radius 2 is 1.94 bits per heavy atom. The Kier molecular flexibility index (Phi) is 5.59. The van der Waals surface area contributed by atoms with Crippen LogP contribution in [0.2, 0.25) is 0 Å². The van der Waals surface area contributed by atoms with Crippen LogP contribution in [0, 0.1) is 13.8 Å². The molecule has 8 heteroatoms. The molecule has 1 aliphatic heterocycles. The average Bonchev–Trinajstić information content (AvgIpc) is 3.55. The molecular formula is C24H31N7S. The van der Waals surface area contributed by atoms with Gasteiger partial charge < -0.3 is 4.90 Å². The fourth-order valence-electron chi connectivity index (χ4n) is 4.85. The molecule has 7 nitrogen and oxygen atoms in total. The number of likely N-dealkylation sites (tertiary alicyclic amines) is 1. The lowest BCUT2D eigenvalue weighted by Crippen LogP contribution is -2.32. The number of piperidine rings is 1. The molecule has 1 aliphatic rings. The smallest absolute Gasteiger partial charge is 0.158 e. The number of nitrogens with zero attached hydrogens (tertiary/aromatic N) is 6. The Labute approximate surface area is 192 Å². The van der Waals surface area contributed by atoms with Crippen LogP contribution in [0.1, 0.15) is 67.0 Å². The van der Waals surface area contributed by atoms with Crippen molar-refractivity contribution in [1.29, 1.82) is 0 Å². The van der Waals surface area contributed by atoms with Crippen LogP contribution in [0.5, 0.6) is 0 Å². The van der Waals surface area contributed by atoms with Crippen molar-refractivity contribution in [2.24, 2.45) is 0 Å². The third-order valence-electron chi connectivity index (χ3n) is 6.94. The molecule has 0 spiro atoms. The highest BCUT2D eigenvalue weighted by molar-refractivity contribution is 7.15. The highest BCUT2D eigenvalue weighted by Crippen LogP contribution is 2.40. The minimum absolute atomic E-state index is 0.310. The number of nitrogens with one attached hydrogen (secondary N) is 1. The minimum atomic E-state index is 0.310. The third-order valence-corrected chi connectivity index (χ3v) is 8.11. The first-order valence-electron chi connectivity index (χ1n) is 11.5. The molecule has 0 atom stereocenters. The second-order valence-corrected chi connectivity index (χ2v) is 10.2. The largest absolute Gasteiger partial charge is 0.304 e. The van der Waals surface area contributed by atoms with Gasteiger partial charge in [-0.15, -0.1) is 11.3 Å². The predicted octanol–water partition coefficient (Wildman–Crippen LogP) is 5.18. The van der Waals surface area contributed by atoms with Crippen molar-refractivity contribution in [1.82, 2.24) is 34.7 Å². The molecule has 5 rings (SSSR count). The van der Waals surface area contributed by atoms with Crippen molar-refractivity contribution in [3.05, 3.63) is 40.3 Å². The Hall–Kier alpha value is -2.58. The zero-order chi connectivity index (χ0) is 22.4. The molecule has 4 aromatic rings. The van der Waals surface area contributed by atoms with E-state index in [0.717, 1.165) is 39.7 Å². The number of hydrogen-bond acceptors (Lipinski definition) is 6. The molecule has 0 saturated carbocycles. The maximum Gasteiger partial charge on any atom is 0.158 e. The normalized spacial score (nSPS) is 15.9. The van der Waals surface area contributed by atoms with Crippen LogP contribution in [-0.2, 0) is 0 Å². The Morgan fingerprint density at radius 3 is 2.66 bits per heavy atom.